The lowest BCUT2D eigenvalue weighted by atomic mass is 9.96. The topological polar surface area (TPSA) is 101 Å². The average Bonchev–Trinajstić information content (AvgIpc) is 3.31. The second-order valence-corrected chi connectivity index (χ2v) is 10.6. The Kier molecular flexibility index (Phi) is 7.49. The van der Waals surface area contributed by atoms with Gasteiger partial charge in [0.05, 0.1) is 20.8 Å². The van der Waals surface area contributed by atoms with Gasteiger partial charge in [0.2, 0.25) is 17.6 Å². The molecule has 1 saturated heterocycles. The van der Waals surface area contributed by atoms with Gasteiger partial charge in [0.25, 0.3) is 0 Å². The Morgan fingerprint density at radius 1 is 1.00 bits per heavy atom. The lowest BCUT2D eigenvalue weighted by Gasteiger charge is -2.34. The fraction of sp³-hybridized carbons (Fsp3) is 0.333. The number of nitrogens with one attached hydrogen (secondary N) is 1. The molecule has 2 amide bonds. The van der Waals surface area contributed by atoms with Crippen molar-refractivity contribution in [1.82, 2.24) is 4.98 Å². The van der Waals surface area contributed by atoms with Gasteiger partial charge < -0.3 is 24.6 Å². The van der Waals surface area contributed by atoms with E-state index in [1.807, 2.05) is 29.2 Å². The maximum absolute atomic E-state index is 13.4. The molecule has 0 spiro atoms. The molecule has 0 radical (unpaired) electrons. The number of ether oxygens (including phenoxy) is 2. The van der Waals surface area contributed by atoms with Gasteiger partial charge in [0, 0.05) is 35.8 Å². The first kappa shape index (κ1) is 26.2. The molecule has 1 N–H and O–H groups in total. The molecule has 1 aromatic heterocycles. The van der Waals surface area contributed by atoms with E-state index in [-0.39, 0.29) is 30.0 Å². The van der Waals surface area contributed by atoms with E-state index in [1.54, 1.807) is 64.2 Å². The third-order valence-electron chi connectivity index (χ3n) is 5.94. The van der Waals surface area contributed by atoms with E-state index < -0.39 is 5.41 Å². The second-order valence-electron chi connectivity index (χ2n) is 9.60. The minimum Gasteiger partial charge on any atom is -0.497 e. The molecule has 2 aromatic carbocycles. The summed E-state index contributed by atoms with van der Waals surface area (Å²) in [6, 6.07) is 14.1. The zero-order valence-electron chi connectivity index (χ0n) is 21.5. The number of carbonyl (C=O) groups is 3. The van der Waals surface area contributed by atoms with Crippen molar-refractivity contribution in [3.05, 3.63) is 59.0 Å². The van der Waals surface area contributed by atoms with Crippen LogP contribution in [0.15, 0.2) is 48.5 Å². The number of piperazine rings is 1. The molecule has 2 heterocycles. The Hall–Kier alpha value is -3.92. The first-order chi connectivity index (χ1) is 17.6. The molecule has 1 aliphatic rings. The largest absolute Gasteiger partial charge is 0.497 e. The Bertz CT molecular complexity index is 1310. The minimum absolute atomic E-state index is 0.0908. The molecular weight excluding hydrogens is 492 g/mol. The summed E-state index contributed by atoms with van der Waals surface area (Å²) in [6.07, 6.45) is 0. The summed E-state index contributed by atoms with van der Waals surface area (Å²) in [5.74, 6) is 0.884. The van der Waals surface area contributed by atoms with Gasteiger partial charge in [-0.2, -0.15) is 0 Å². The lowest BCUT2D eigenvalue weighted by Crippen LogP contribution is -2.50. The first-order valence-electron chi connectivity index (χ1n) is 11.8. The van der Waals surface area contributed by atoms with Crippen LogP contribution in [0.2, 0.25) is 0 Å². The van der Waals surface area contributed by atoms with E-state index in [4.69, 9.17) is 9.47 Å². The number of amides is 2. The first-order valence-corrected chi connectivity index (χ1v) is 12.6. The number of ketones is 1. The zero-order valence-corrected chi connectivity index (χ0v) is 22.3. The Labute approximate surface area is 220 Å². The van der Waals surface area contributed by atoms with E-state index >= 15 is 0 Å². The fourth-order valence-electron chi connectivity index (χ4n) is 3.74. The highest BCUT2D eigenvalue weighted by molar-refractivity contribution is 7.18. The SMILES string of the molecule is COc1ccc(C(=O)c2sc(N3CCN(c4cccc(OC)c4)C(=O)C3)nc2NC(=O)C(C)(C)C)cc1. The van der Waals surface area contributed by atoms with Crippen molar-refractivity contribution in [3.63, 3.8) is 0 Å². The highest BCUT2D eigenvalue weighted by Crippen LogP contribution is 2.34. The van der Waals surface area contributed by atoms with E-state index in [9.17, 15) is 14.4 Å². The van der Waals surface area contributed by atoms with E-state index in [2.05, 4.69) is 10.3 Å². The third kappa shape index (κ3) is 5.75. The number of aromatic nitrogens is 1. The Morgan fingerprint density at radius 3 is 2.32 bits per heavy atom. The van der Waals surface area contributed by atoms with Gasteiger partial charge in [-0.25, -0.2) is 4.98 Å². The zero-order chi connectivity index (χ0) is 26.7. The summed E-state index contributed by atoms with van der Waals surface area (Å²) in [5.41, 5.74) is 0.528. The number of anilines is 3. The van der Waals surface area contributed by atoms with Crippen LogP contribution in [0.1, 0.15) is 36.0 Å². The van der Waals surface area contributed by atoms with Crippen LogP contribution in [-0.2, 0) is 9.59 Å². The number of thiazole rings is 1. The maximum Gasteiger partial charge on any atom is 0.246 e. The maximum atomic E-state index is 13.4. The van der Waals surface area contributed by atoms with Gasteiger partial charge in [-0.05, 0) is 36.4 Å². The second kappa shape index (κ2) is 10.6. The number of benzene rings is 2. The molecule has 0 saturated carbocycles. The van der Waals surface area contributed by atoms with Crippen molar-refractivity contribution in [2.24, 2.45) is 5.41 Å². The number of hydrogen-bond donors (Lipinski definition) is 1. The summed E-state index contributed by atoms with van der Waals surface area (Å²) in [5, 5.41) is 3.32. The molecule has 1 aliphatic heterocycles. The average molecular weight is 523 g/mol. The van der Waals surface area contributed by atoms with Gasteiger partial charge >= 0.3 is 0 Å². The van der Waals surface area contributed by atoms with Crippen LogP contribution >= 0.6 is 11.3 Å². The molecule has 9 nitrogen and oxygen atoms in total. The Morgan fingerprint density at radius 2 is 1.70 bits per heavy atom. The van der Waals surface area contributed by atoms with Crippen molar-refractivity contribution in [2.45, 2.75) is 20.8 Å². The standard InChI is InChI=1S/C27H30N4O5S/c1-27(2,3)25(34)28-24-23(22(33)17-9-11-19(35-4)12-10-17)37-26(29-24)30-13-14-31(21(32)16-30)18-7-6-8-20(15-18)36-5/h6-12,15H,13-14,16H2,1-5H3,(H,28,34). The summed E-state index contributed by atoms with van der Waals surface area (Å²) in [4.78, 5) is 47.7. The number of hydrogen-bond acceptors (Lipinski definition) is 8. The number of rotatable bonds is 7. The number of carbonyl (C=O) groups excluding carboxylic acids is 3. The molecule has 10 heteroatoms. The highest BCUT2D eigenvalue weighted by Gasteiger charge is 2.31. The van der Waals surface area contributed by atoms with Crippen LogP contribution in [0.4, 0.5) is 16.6 Å². The lowest BCUT2D eigenvalue weighted by molar-refractivity contribution is -0.123. The molecule has 4 rings (SSSR count). The van der Waals surface area contributed by atoms with Crippen molar-refractivity contribution in [1.29, 1.82) is 0 Å². The molecular formula is C27H30N4O5S. The predicted octanol–water partition coefficient (Wildman–Crippen LogP) is 4.23. The van der Waals surface area contributed by atoms with Crippen LogP contribution in [0, 0.1) is 5.41 Å². The number of methoxy groups -OCH3 is 2. The fourth-order valence-corrected chi connectivity index (χ4v) is 4.75. The van der Waals surface area contributed by atoms with E-state index in [0.717, 1.165) is 5.69 Å². The van der Waals surface area contributed by atoms with Crippen LogP contribution in [0.25, 0.3) is 0 Å². The molecule has 194 valence electrons. The molecule has 3 aromatic rings. The van der Waals surface area contributed by atoms with Crippen molar-refractivity contribution >= 4 is 45.6 Å². The van der Waals surface area contributed by atoms with Gasteiger partial charge in [-0.3, -0.25) is 14.4 Å². The van der Waals surface area contributed by atoms with Gasteiger partial charge in [0.15, 0.2) is 10.9 Å². The smallest absolute Gasteiger partial charge is 0.246 e. The van der Waals surface area contributed by atoms with Gasteiger partial charge in [0.1, 0.15) is 16.4 Å². The van der Waals surface area contributed by atoms with Crippen LogP contribution in [0.3, 0.4) is 0 Å². The third-order valence-corrected chi connectivity index (χ3v) is 7.06. The monoisotopic (exact) mass is 522 g/mol. The van der Waals surface area contributed by atoms with Crippen molar-refractivity contribution in [3.8, 4) is 11.5 Å². The molecule has 0 unspecified atom stereocenters. The van der Waals surface area contributed by atoms with Crippen molar-refractivity contribution < 1.29 is 23.9 Å². The van der Waals surface area contributed by atoms with Crippen molar-refractivity contribution in [2.75, 3.05) is 49.0 Å². The van der Waals surface area contributed by atoms with Crippen LogP contribution in [-0.4, -0.2) is 56.4 Å². The van der Waals surface area contributed by atoms with Crippen LogP contribution < -0.4 is 24.6 Å². The van der Waals surface area contributed by atoms with E-state index in [0.29, 0.717) is 40.2 Å². The van der Waals surface area contributed by atoms with Gasteiger partial charge in [-0.15, -0.1) is 0 Å². The summed E-state index contributed by atoms with van der Waals surface area (Å²) in [6.45, 7) is 6.41. The van der Waals surface area contributed by atoms with Crippen LogP contribution in [0.5, 0.6) is 11.5 Å². The van der Waals surface area contributed by atoms with Gasteiger partial charge in [-0.1, -0.05) is 38.2 Å². The molecule has 37 heavy (non-hydrogen) atoms. The molecule has 0 atom stereocenters. The molecule has 0 bridgehead atoms. The molecule has 0 aliphatic carbocycles. The van der Waals surface area contributed by atoms with E-state index in [1.165, 1.54) is 11.3 Å². The Balaban J connectivity index is 1.61. The quantitative estimate of drug-likeness (QED) is 0.464. The summed E-state index contributed by atoms with van der Waals surface area (Å²) >= 11 is 1.17. The summed E-state index contributed by atoms with van der Waals surface area (Å²) in [7, 11) is 3.14. The predicted molar refractivity (Wildman–Crippen MR) is 144 cm³/mol. The highest BCUT2D eigenvalue weighted by atomic mass is 32.1. The summed E-state index contributed by atoms with van der Waals surface area (Å²) < 4.78 is 10.5. The molecule has 1 fully saturated rings. The minimum atomic E-state index is -0.678. The number of nitrogens with zero attached hydrogens (tertiary/aromatic N) is 3. The normalized spacial score (nSPS) is 13.9.